The summed E-state index contributed by atoms with van der Waals surface area (Å²) in [6.07, 6.45) is 6.08. The number of aryl methyl sites for hydroxylation is 1. The lowest BCUT2D eigenvalue weighted by molar-refractivity contribution is 0.135. The van der Waals surface area contributed by atoms with Crippen LogP contribution in [-0.4, -0.2) is 22.4 Å². The third-order valence-electron chi connectivity index (χ3n) is 3.64. The first-order chi connectivity index (χ1) is 10.8. The van der Waals surface area contributed by atoms with Gasteiger partial charge in [0.15, 0.2) is 0 Å². The monoisotopic (exact) mass is 294 g/mol. The number of nitriles is 1. The van der Waals surface area contributed by atoms with Crippen LogP contribution in [0.4, 0.5) is 5.82 Å². The van der Waals surface area contributed by atoms with Gasteiger partial charge >= 0.3 is 0 Å². The zero-order chi connectivity index (χ0) is 15.4. The summed E-state index contributed by atoms with van der Waals surface area (Å²) in [6, 6.07) is 11.6. The molecule has 1 atom stereocenters. The second kappa shape index (κ2) is 6.35. The van der Waals surface area contributed by atoms with Gasteiger partial charge in [0, 0.05) is 11.8 Å². The summed E-state index contributed by atoms with van der Waals surface area (Å²) in [6.45, 7) is 2.73. The molecule has 0 aliphatic carbocycles. The van der Waals surface area contributed by atoms with Gasteiger partial charge in [0.05, 0.1) is 30.1 Å². The summed E-state index contributed by atoms with van der Waals surface area (Å²) in [4.78, 5) is 0. The van der Waals surface area contributed by atoms with Crippen molar-refractivity contribution in [2.45, 2.75) is 25.9 Å². The zero-order valence-corrected chi connectivity index (χ0v) is 12.5. The Balaban J connectivity index is 1.73. The smallest absolute Gasteiger partial charge is 0.148 e. The van der Waals surface area contributed by atoms with Gasteiger partial charge in [-0.1, -0.05) is 6.07 Å². The van der Waals surface area contributed by atoms with E-state index in [0.29, 0.717) is 5.56 Å². The Labute approximate surface area is 129 Å². The van der Waals surface area contributed by atoms with E-state index in [1.165, 1.54) is 0 Å². The largest absolute Gasteiger partial charge is 0.497 e. The van der Waals surface area contributed by atoms with Crippen LogP contribution in [0.2, 0.25) is 0 Å². The van der Waals surface area contributed by atoms with Crippen molar-refractivity contribution in [1.82, 2.24) is 9.78 Å². The van der Waals surface area contributed by atoms with Crippen molar-refractivity contribution >= 4 is 5.82 Å². The minimum atomic E-state index is 0.192. The Morgan fingerprint density at radius 3 is 3.14 bits per heavy atom. The highest BCUT2D eigenvalue weighted by molar-refractivity contribution is 5.45. The minimum Gasteiger partial charge on any atom is -0.497 e. The highest BCUT2D eigenvalue weighted by atomic mass is 16.5. The molecular weight excluding hydrogens is 276 g/mol. The first-order valence-electron chi connectivity index (χ1n) is 7.38. The molecule has 0 saturated heterocycles. The van der Waals surface area contributed by atoms with Gasteiger partial charge in [0.2, 0.25) is 0 Å². The predicted molar refractivity (Wildman–Crippen MR) is 84.8 cm³/mol. The van der Waals surface area contributed by atoms with Crippen molar-refractivity contribution < 1.29 is 4.74 Å². The number of hydrogen-bond acceptors (Lipinski definition) is 4. The van der Waals surface area contributed by atoms with E-state index < -0.39 is 0 Å². The van der Waals surface area contributed by atoms with E-state index in [1.54, 1.807) is 12.3 Å². The van der Waals surface area contributed by atoms with Crippen LogP contribution >= 0.6 is 0 Å². The topological polar surface area (TPSA) is 62.9 Å². The van der Waals surface area contributed by atoms with Crippen LogP contribution in [0.15, 0.2) is 42.7 Å². The molecule has 0 unspecified atom stereocenters. The van der Waals surface area contributed by atoms with Gasteiger partial charge in [0.1, 0.15) is 11.9 Å². The molecule has 0 amide bonds. The van der Waals surface area contributed by atoms with Gasteiger partial charge in [-0.25, -0.2) is 4.68 Å². The molecule has 1 aromatic heterocycles. The van der Waals surface area contributed by atoms with Crippen molar-refractivity contribution in [2.75, 3.05) is 11.9 Å². The molecule has 1 N–H and O–H groups in total. The van der Waals surface area contributed by atoms with Crippen molar-refractivity contribution in [3.8, 4) is 11.8 Å². The number of aromatic nitrogens is 2. The lowest BCUT2D eigenvalue weighted by Gasteiger charge is -2.19. The predicted octanol–water partition coefficient (Wildman–Crippen LogP) is 3.16. The van der Waals surface area contributed by atoms with Crippen LogP contribution in [0.25, 0.3) is 5.69 Å². The molecule has 2 aromatic rings. The van der Waals surface area contributed by atoms with Crippen molar-refractivity contribution in [1.29, 1.82) is 5.26 Å². The standard InChI is InChI=1S/C17H18N4O/c1-13-9-17(19-12-16-7-2-3-8-22-16)20-21(13)15-6-4-5-14(10-15)11-18/h3-6,8-10,16H,2,7,12H2,1H3,(H,19,20)/t16-/m0/s1. The van der Waals surface area contributed by atoms with Crippen LogP contribution in [0.1, 0.15) is 24.1 Å². The molecule has 22 heavy (non-hydrogen) atoms. The first-order valence-corrected chi connectivity index (χ1v) is 7.38. The molecule has 5 heteroatoms. The van der Waals surface area contributed by atoms with Gasteiger partial charge in [-0.2, -0.15) is 10.4 Å². The fourth-order valence-electron chi connectivity index (χ4n) is 2.48. The molecule has 0 fully saturated rings. The number of ether oxygens (including phenoxy) is 1. The Hall–Kier alpha value is -2.74. The average molecular weight is 294 g/mol. The van der Waals surface area contributed by atoms with Gasteiger partial charge in [0.25, 0.3) is 0 Å². The van der Waals surface area contributed by atoms with E-state index in [4.69, 9.17) is 10.00 Å². The maximum Gasteiger partial charge on any atom is 0.148 e. The summed E-state index contributed by atoms with van der Waals surface area (Å²) in [5.41, 5.74) is 2.53. The molecule has 2 heterocycles. The third kappa shape index (κ3) is 3.12. The lowest BCUT2D eigenvalue weighted by Crippen LogP contribution is -2.23. The average Bonchev–Trinajstić information content (AvgIpc) is 2.95. The Morgan fingerprint density at radius 2 is 2.36 bits per heavy atom. The van der Waals surface area contributed by atoms with E-state index in [0.717, 1.165) is 36.6 Å². The van der Waals surface area contributed by atoms with Crippen LogP contribution in [0.3, 0.4) is 0 Å². The van der Waals surface area contributed by atoms with E-state index >= 15 is 0 Å². The highest BCUT2D eigenvalue weighted by Crippen LogP contribution is 2.17. The Kier molecular flexibility index (Phi) is 4.10. The van der Waals surface area contributed by atoms with Crippen molar-refractivity contribution in [3.63, 3.8) is 0 Å². The number of allylic oxidation sites excluding steroid dienone is 1. The van der Waals surface area contributed by atoms with Crippen LogP contribution in [-0.2, 0) is 4.74 Å². The van der Waals surface area contributed by atoms with E-state index in [2.05, 4.69) is 16.5 Å². The SMILES string of the molecule is Cc1cc(NC[C@@H]2CCC=CO2)nn1-c1cccc(C#N)c1. The molecular formula is C17H18N4O. The number of nitrogens with one attached hydrogen (secondary N) is 1. The maximum absolute atomic E-state index is 9.00. The molecule has 1 aromatic carbocycles. The van der Waals surface area contributed by atoms with E-state index in [9.17, 15) is 0 Å². The molecule has 0 spiro atoms. The zero-order valence-electron chi connectivity index (χ0n) is 12.5. The summed E-state index contributed by atoms with van der Waals surface area (Å²) in [5.74, 6) is 0.818. The molecule has 0 saturated carbocycles. The van der Waals surface area contributed by atoms with Gasteiger partial charge in [-0.15, -0.1) is 0 Å². The number of nitrogens with zero attached hydrogens (tertiary/aromatic N) is 3. The quantitative estimate of drug-likeness (QED) is 0.941. The fraction of sp³-hybridized carbons (Fsp3) is 0.294. The van der Waals surface area contributed by atoms with E-state index in [1.807, 2.05) is 41.9 Å². The molecule has 0 radical (unpaired) electrons. The van der Waals surface area contributed by atoms with Gasteiger partial charge in [-0.3, -0.25) is 0 Å². The molecule has 1 aliphatic heterocycles. The maximum atomic E-state index is 9.00. The molecule has 5 nitrogen and oxygen atoms in total. The first kappa shape index (κ1) is 14.2. The Morgan fingerprint density at radius 1 is 1.45 bits per heavy atom. The van der Waals surface area contributed by atoms with Crippen LogP contribution in [0.5, 0.6) is 0 Å². The third-order valence-corrected chi connectivity index (χ3v) is 3.64. The fourth-order valence-corrected chi connectivity index (χ4v) is 2.48. The number of benzene rings is 1. The van der Waals surface area contributed by atoms with Crippen molar-refractivity contribution in [3.05, 3.63) is 53.9 Å². The molecule has 0 bridgehead atoms. The molecule has 3 rings (SSSR count). The second-order valence-electron chi connectivity index (χ2n) is 5.33. The van der Waals surface area contributed by atoms with Crippen LogP contribution < -0.4 is 5.32 Å². The summed E-state index contributed by atoms with van der Waals surface area (Å²) >= 11 is 0. The lowest BCUT2D eigenvalue weighted by atomic mass is 10.1. The summed E-state index contributed by atoms with van der Waals surface area (Å²) < 4.78 is 7.38. The van der Waals surface area contributed by atoms with Gasteiger partial charge < -0.3 is 10.1 Å². The number of anilines is 1. The van der Waals surface area contributed by atoms with Gasteiger partial charge in [-0.05, 0) is 44.0 Å². The normalized spacial score (nSPS) is 16.8. The van der Waals surface area contributed by atoms with Crippen LogP contribution in [0, 0.1) is 18.3 Å². The molecule has 1 aliphatic rings. The molecule has 112 valence electrons. The highest BCUT2D eigenvalue weighted by Gasteiger charge is 2.12. The minimum absolute atomic E-state index is 0.192. The van der Waals surface area contributed by atoms with Crippen molar-refractivity contribution in [2.24, 2.45) is 0 Å². The second-order valence-corrected chi connectivity index (χ2v) is 5.33. The number of rotatable bonds is 4. The summed E-state index contributed by atoms with van der Waals surface area (Å²) in [7, 11) is 0. The van der Waals surface area contributed by atoms with E-state index in [-0.39, 0.29) is 6.10 Å². The number of hydrogen-bond donors (Lipinski definition) is 1. The summed E-state index contributed by atoms with van der Waals surface area (Å²) in [5, 5.41) is 16.9. The Bertz CT molecular complexity index is 727.